The zero-order valence-corrected chi connectivity index (χ0v) is 14.9. The molecule has 0 saturated carbocycles. The van der Waals surface area contributed by atoms with Crippen molar-refractivity contribution in [3.8, 4) is 0 Å². The first-order valence-electron chi connectivity index (χ1n) is 6.92. The standard InChI is InChI=1S/C14H19N4.F6P/c1-16(2)10-8-13(17(3)4)12-11-15-18-9-6-5-7-14(12)18;1-7(2,3,4,5)6/h5-11H,1-4H3;/q+1;-1. The number of hydrogen-bond donors (Lipinski definition) is 0. The van der Waals surface area contributed by atoms with E-state index in [4.69, 9.17) is 0 Å². The third kappa shape index (κ3) is 9.09. The van der Waals surface area contributed by atoms with Gasteiger partial charge < -0.3 is 4.90 Å². The van der Waals surface area contributed by atoms with E-state index in [0.717, 1.165) is 16.8 Å². The average molecular weight is 388 g/mol. The minimum atomic E-state index is -10.7. The zero-order chi connectivity index (χ0) is 19.5. The molecule has 11 heteroatoms. The van der Waals surface area contributed by atoms with Gasteiger partial charge in [-0.25, -0.2) is 9.09 Å². The molecule has 4 nitrogen and oxygen atoms in total. The number of nitrogens with zero attached hydrogens (tertiary/aromatic N) is 4. The van der Waals surface area contributed by atoms with Crippen molar-refractivity contribution in [2.75, 3.05) is 28.2 Å². The van der Waals surface area contributed by atoms with Crippen molar-refractivity contribution in [3.05, 3.63) is 42.2 Å². The van der Waals surface area contributed by atoms with Gasteiger partial charge in [0.15, 0.2) is 6.21 Å². The van der Waals surface area contributed by atoms with Crippen molar-refractivity contribution in [2.24, 2.45) is 0 Å². The zero-order valence-electron chi connectivity index (χ0n) is 14.0. The third-order valence-electron chi connectivity index (χ3n) is 2.71. The number of allylic oxidation sites excluding steroid dienone is 1. The summed E-state index contributed by atoms with van der Waals surface area (Å²) in [6.07, 6.45) is 8.01. The van der Waals surface area contributed by atoms with Crippen molar-refractivity contribution in [2.45, 2.75) is 0 Å². The van der Waals surface area contributed by atoms with Crippen LogP contribution in [0.2, 0.25) is 0 Å². The molecule has 0 fully saturated rings. The predicted molar refractivity (Wildman–Crippen MR) is 88.6 cm³/mol. The molecule has 0 bridgehead atoms. The molecule has 0 radical (unpaired) electrons. The molecule has 0 aliphatic carbocycles. The summed E-state index contributed by atoms with van der Waals surface area (Å²) in [5, 5.41) is 4.37. The second-order valence-corrected chi connectivity index (χ2v) is 7.52. The van der Waals surface area contributed by atoms with E-state index in [-0.39, 0.29) is 0 Å². The van der Waals surface area contributed by atoms with Gasteiger partial charge >= 0.3 is 33.0 Å². The predicted octanol–water partition coefficient (Wildman–Crippen LogP) is 4.96. The van der Waals surface area contributed by atoms with Gasteiger partial charge in [0.2, 0.25) is 0 Å². The first-order valence-corrected chi connectivity index (χ1v) is 8.95. The van der Waals surface area contributed by atoms with Crippen molar-refractivity contribution in [1.82, 2.24) is 14.5 Å². The number of halogens is 6. The fourth-order valence-corrected chi connectivity index (χ4v) is 1.83. The van der Waals surface area contributed by atoms with E-state index in [2.05, 4.69) is 22.1 Å². The molecule has 0 aromatic carbocycles. The molecule has 0 spiro atoms. The SMILES string of the molecule is CN(C)/C(=C\C=[N+](C)C)c1cnn2ccccc12.F[P-](F)(F)(F)(F)F. The van der Waals surface area contributed by atoms with Crippen LogP contribution in [0.3, 0.4) is 0 Å². The fourth-order valence-electron chi connectivity index (χ4n) is 1.83. The van der Waals surface area contributed by atoms with E-state index >= 15 is 0 Å². The van der Waals surface area contributed by atoms with E-state index in [0.29, 0.717) is 0 Å². The number of hydrogen-bond acceptors (Lipinski definition) is 2. The summed E-state index contributed by atoms with van der Waals surface area (Å²) >= 11 is 0. The van der Waals surface area contributed by atoms with Crippen LogP contribution >= 0.6 is 7.81 Å². The molecule has 0 aliphatic rings. The van der Waals surface area contributed by atoms with Crippen LogP contribution in [-0.2, 0) is 0 Å². The van der Waals surface area contributed by atoms with Gasteiger partial charge in [-0.2, -0.15) is 5.10 Å². The van der Waals surface area contributed by atoms with E-state index in [1.807, 2.05) is 68.0 Å². The Hall–Kier alpha value is -2.09. The second kappa shape index (κ2) is 6.33. The Kier molecular flexibility index (Phi) is 5.30. The van der Waals surface area contributed by atoms with Gasteiger partial charge in [-0.05, 0) is 12.1 Å². The van der Waals surface area contributed by atoms with Crippen LogP contribution in [0.5, 0.6) is 0 Å². The van der Waals surface area contributed by atoms with Crippen molar-refractivity contribution >= 4 is 25.2 Å². The Morgan fingerprint density at radius 3 is 2.16 bits per heavy atom. The molecule has 2 rings (SSSR count). The topological polar surface area (TPSA) is 23.6 Å². The van der Waals surface area contributed by atoms with Gasteiger partial charge in [-0.3, -0.25) is 0 Å². The van der Waals surface area contributed by atoms with Crippen LogP contribution in [0.4, 0.5) is 25.2 Å². The van der Waals surface area contributed by atoms with E-state index in [1.54, 1.807) is 0 Å². The van der Waals surface area contributed by atoms with Gasteiger partial charge in [0, 0.05) is 31.9 Å². The summed E-state index contributed by atoms with van der Waals surface area (Å²) in [7, 11) is -2.54. The Labute approximate surface area is 140 Å². The molecule has 0 amide bonds. The van der Waals surface area contributed by atoms with Gasteiger partial charge in [-0.1, -0.05) is 6.07 Å². The maximum atomic E-state index is 9.87. The first kappa shape index (κ1) is 21.0. The van der Waals surface area contributed by atoms with E-state index < -0.39 is 7.81 Å². The first-order chi connectivity index (χ1) is 11.0. The van der Waals surface area contributed by atoms with Gasteiger partial charge in [0.05, 0.1) is 17.4 Å². The van der Waals surface area contributed by atoms with Gasteiger partial charge in [0.25, 0.3) is 0 Å². The Balaban J connectivity index is 0.000000381. The van der Waals surface area contributed by atoms with Gasteiger partial charge in [-0.15, -0.1) is 0 Å². The molecular formula is C14H19F6N4P. The summed E-state index contributed by atoms with van der Waals surface area (Å²) in [5.41, 5.74) is 3.40. The average Bonchev–Trinajstić information content (AvgIpc) is 2.79. The van der Waals surface area contributed by atoms with Crippen LogP contribution < -0.4 is 0 Å². The monoisotopic (exact) mass is 388 g/mol. The summed E-state index contributed by atoms with van der Waals surface area (Å²) < 4.78 is 63.1. The number of fused-ring (bicyclic) bond motifs is 1. The van der Waals surface area contributed by atoms with Crippen LogP contribution in [-0.4, -0.2) is 53.5 Å². The molecule has 0 saturated heterocycles. The Morgan fingerprint density at radius 2 is 1.68 bits per heavy atom. The molecule has 0 atom stereocenters. The number of aromatic nitrogens is 2. The molecule has 2 heterocycles. The normalized spacial score (nSPS) is 14.9. The van der Waals surface area contributed by atoms with Crippen LogP contribution in [0.25, 0.3) is 11.2 Å². The minimum absolute atomic E-state index is 1.12. The fraction of sp³-hybridized carbons (Fsp3) is 0.286. The van der Waals surface area contributed by atoms with Crippen LogP contribution in [0, 0.1) is 0 Å². The second-order valence-electron chi connectivity index (χ2n) is 5.61. The molecule has 0 unspecified atom stereocenters. The van der Waals surface area contributed by atoms with Crippen molar-refractivity contribution in [1.29, 1.82) is 0 Å². The third-order valence-corrected chi connectivity index (χ3v) is 2.71. The molecule has 142 valence electrons. The Bertz CT molecular complexity index is 790. The summed E-state index contributed by atoms with van der Waals surface area (Å²) in [4.78, 5) is 2.10. The van der Waals surface area contributed by atoms with Crippen LogP contribution in [0.15, 0.2) is 36.7 Å². The maximum absolute atomic E-state index is 10.7. The molecule has 0 aliphatic heterocycles. The number of pyridine rings is 1. The molecule has 0 N–H and O–H groups in total. The molecule has 2 aromatic heterocycles. The Morgan fingerprint density at radius 1 is 1.12 bits per heavy atom. The summed E-state index contributed by atoms with van der Waals surface area (Å²) in [5.74, 6) is 0. The molecule has 25 heavy (non-hydrogen) atoms. The quantitative estimate of drug-likeness (QED) is 0.321. The molecule has 2 aromatic rings. The molecular weight excluding hydrogens is 369 g/mol. The van der Waals surface area contributed by atoms with E-state index in [1.165, 1.54) is 0 Å². The van der Waals surface area contributed by atoms with E-state index in [9.17, 15) is 25.2 Å². The summed E-state index contributed by atoms with van der Waals surface area (Å²) in [6, 6.07) is 6.09. The summed E-state index contributed by atoms with van der Waals surface area (Å²) in [6.45, 7) is 0. The van der Waals surface area contributed by atoms with Crippen molar-refractivity contribution in [3.63, 3.8) is 0 Å². The van der Waals surface area contributed by atoms with Crippen molar-refractivity contribution < 1.29 is 29.8 Å². The van der Waals surface area contributed by atoms with Crippen LogP contribution in [0.1, 0.15) is 5.56 Å². The van der Waals surface area contributed by atoms with Gasteiger partial charge in [0.1, 0.15) is 14.1 Å². The number of rotatable bonds is 3.